The smallest absolute Gasteiger partial charge is 0.188 e. The first-order valence-corrected chi connectivity index (χ1v) is 8.36. The van der Waals surface area contributed by atoms with Crippen molar-refractivity contribution in [1.82, 2.24) is 5.32 Å². The number of nitrogens with one attached hydrogen (secondary N) is 1. The topological polar surface area (TPSA) is 84.5 Å². The van der Waals surface area contributed by atoms with E-state index in [1.807, 2.05) is 6.92 Å². The van der Waals surface area contributed by atoms with Crippen molar-refractivity contribution in [2.75, 3.05) is 12.8 Å². The minimum absolute atomic E-state index is 0.138. The van der Waals surface area contributed by atoms with Crippen LogP contribution in [0.25, 0.3) is 0 Å². The van der Waals surface area contributed by atoms with Gasteiger partial charge in [0.1, 0.15) is 5.82 Å². The van der Waals surface area contributed by atoms with Crippen LogP contribution in [0.4, 0.5) is 4.39 Å². The van der Waals surface area contributed by atoms with Gasteiger partial charge >= 0.3 is 0 Å². The fourth-order valence-corrected chi connectivity index (χ4v) is 2.49. The molecule has 0 bridgehead atoms. The van der Waals surface area contributed by atoms with E-state index in [0.717, 1.165) is 12.7 Å². The Labute approximate surface area is 119 Å². The molecule has 0 heterocycles. The zero-order valence-electron chi connectivity index (χ0n) is 11.7. The molecule has 3 N–H and O–H groups in total. The summed E-state index contributed by atoms with van der Waals surface area (Å²) in [6, 6.07) is 4.00. The maximum absolute atomic E-state index is 13.3. The van der Waals surface area contributed by atoms with Crippen molar-refractivity contribution in [3.05, 3.63) is 35.1 Å². The molecule has 0 unspecified atom stereocenters. The molecule has 1 aromatic rings. The van der Waals surface area contributed by atoms with Crippen LogP contribution in [0.5, 0.6) is 0 Å². The third-order valence-electron chi connectivity index (χ3n) is 2.56. The van der Waals surface area contributed by atoms with Crippen molar-refractivity contribution < 1.29 is 12.8 Å². The molecule has 0 saturated heterocycles. The first-order chi connectivity index (χ1) is 9.31. The number of nitrogens with zero attached hydrogens (tertiary/aromatic N) is 1. The zero-order chi connectivity index (χ0) is 15.2. The molecule has 0 saturated carbocycles. The molecule has 5 nitrogen and oxygen atoms in total. The minimum atomic E-state index is -3.18. The summed E-state index contributed by atoms with van der Waals surface area (Å²) >= 11 is 0. The van der Waals surface area contributed by atoms with Gasteiger partial charge in [0.15, 0.2) is 15.8 Å². The van der Waals surface area contributed by atoms with Crippen molar-refractivity contribution in [3.8, 4) is 0 Å². The van der Waals surface area contributed by atoms with Gasteiger partial charge in [-0.15, -0.1) is 0 Å². The fraction of sp³-hybridized carbons (Fsp3) is 0.462. The first-order valence-electron chi connectivity index (χ1n) is 6.30. The maximum Gasteiger partial charge on any atom is 0.188 e. The number of sulfone groups is 1. The van der Waals surface area contributed by atoms with Gasteiger partial charge in [-0.3, -0.25) is 0 Å². The highest BCUT2D eigenvalue weighted by molar-refractivity contribution is 7.89. The van der Waals surface area contributed by atoms with Crippen LogP contribution in [0, 0.1) is 5.82 Å². The van der Waals surface area contributed by atoms with E-state index in [4.69, 9.17) is 5.73 Å². The van der Waals surface area contributed by atoms with Crippen LogP contribution in [0.15, 0.2) is 23.2 Å². The molecular formula is C13H20FN3O2S. The summed E-state index contributed by atoms with van der Waals surface area (Å²) in [5.41, 5.74) is 6.72. The van der Waals surface area contributed by atoms with Crippen LogP contribution >= 0.6 is 0 Å². The van der Waals surface area contributed by atoms with E-state index in [9.17, 15) is 12.8 Å². The van der Waals surface area contributed by atoms with E-state index in [2.05, 4.69) is 10.3 Å². The van der Waals surface area contributed by atoms with Gasteiger partial charge in [-0.1, -0.05) is 13.0 Å². The Kier molecular flexibility index (Phi) is 5.94. The second-order valence-electron chi connectivity index (χ2n) is 4.61. The molecule has 0 amide bonds. The van der Waals surface area contributed by atoms with Crippen LogP contribution in [-0.2, 0) is 22.1 Å². The molecule has 0 aliphatic carbocycles. The lowest BCUT2D eigenvalue weighted by Gasteiger charge is -2.08. The number of hydrogen-bond donors (Lipinski definition) is 2. The van der Waals surface area contributed by atoms with Crippen molar-refractivity contribution in [2.45, 2.75) is 25.6 Å². The summed E-state index contributed by atoms with van der Waals surface area (Å²) in [6.07, 6.45) is 2.05. The number of guanidine groups is 1. The van der Waals surface area contributed by atoms with E-state index in [-0.39, 0.29) is 18.3 Å². The molecule has 20 heavy (non-hydrogen) atoms. The second kappa shape index (κ2) is 7.23. The molecule has 0 spiro atoms. The normalized spacial score (nSPS) is 12.4. The maximum atomic E-state index is 13.3. The summed E-state index contributed by atoms with van der Waals surface area (Å²) in [4.78, 5) is 4.09. The van der Waals surface area contributed by atoms with Gasteiger partial charge < -0.3 is 11.1 Å². The van der Waals surface area contributed by atoms with Gasteiger partial charge in [-0.2, -0.15) is 0 Å². The lowest BCUT2D eigenvalue weighted by atomic mass is 10.1. The average molecular weight is 301 g/mol. The predicted octanol–water partition coefficient (Wildman–Crippen LogP) is 1.18. The van der Waals surface area contributed by atoms with E-state index in [0.29, 0.717) is 17.7 Å². The lowest BCUT2D eigenvalue weighted by molar-refractivity contribution is 0.600. The fourth-order valence-electron chi connectivity index (χ4n) is 1.64. The van der Waals surface area contributed by atoms with Crippen LogP contribution in [-0.4, -0.2) is 27.2 Å². The van der Waals surface area contributed by atoms with Crippen LogP contribution in [0.3, 0.4) is 0 Å². The van der Waals surface area contributed by atoms with Crippen LogP contribution < -0.4 is 11.1 Å². The second-order valence-corrected chi connectivity index (χ2v) is 6.75. The van der Waals surface area contributed by atoms with Crippen molar-refractivity contribution >= 4 is 15.8 Å². The molecule has 1 aromatic carbocycles. The summed E-state index contributed by atoms with van der Waals surface area (Å²) < 4.78 is 36.0. The molecule has 0 radical (unpaired) electrons. The molecule has 0 aliphatic heterocycles. The Balaban J connectivity index is 2.90. The molecule has 0 aliphatic rings. The molecule has 0 aromatic heterocycles. The highest BCUT2D eigenvalue weighted by Crippen LogP contribution is 2.15. The largest absolute Gasteiger partial charge is 0.370 e. The summed E-state index contributed by atoms with van der Waals surface area (Å²) in [5, 5.41) is 2.90. The standard InChI is InChI=1S/C13H20FN3O2S/c1-3-6-16-13(15)17-8-11-7-12(14)5-4-10(11)9-20(2,18)19/h4-5,7H,3,6,8-9H2,1-2H3,(H3,15,16,17). The highest BCUT2D eigenvalue weighted by atomic mass is 32.2. The molecule has 1 rings (SSSR count). The molecule has 0 atom stereocenters. The minimum Gasteiger partial charge on any atom is -0.370 e. The lowest BCUT2D eigenvalue weighted by Crippen LogP contribution is -2.32. The average Bonchev–Trinajstić information content (AvgIpc) is 2.35. The van der Waals surface area contributed by atoms with Crippen LogP contribution in [0.1, 0.15) is 24.5 Å². The summed E-state index contributed by atoms with van der Waals surface area (Å²) in [5.74, 6) is -0.297. The SMILES string of the molecule is CCCNC(N)=NCc1cc(F)ccc1CS(C)(=O)=O. The quantitative estimate of drug-likeness (QED) is 0.610. The number of hydrogen-bond acceptors (Lipinski definition) is 3. The van der Waals surface area contributed by atoms with E-state index in [1.54, 1.807) is 0 Å². The Morgan fingerprint density at radius 2 is 2.10 bits per heavy atom. The molecule has 7 heteroatoms. The molecule has 0 fully saturated rings. The highest BCUT2D eigenvalue weighted by Gasteiger charge is 2.10. The Hall–Kier alpha value is -1.63. The first kappa shape index (κ1) is 16.4. The third kappa shape index (κ3) is 6.01. The number of rotatable bonds is 6. The third-order valence-corrected chi connectivity index (χ3v) is 3.40. The van der Waals surface area contributed by atoms with Gasteiger partial charge in [0, 0.05) is 12.8 Å². The van der Waals surface area contributed by atoms with E-state index in [1.165, 1.54) is 18.2 Å². The predicted molar refractivity (Wildman–Crippen MR) is 78.6 cm³/mol. The Morgan fingerprint density at radius 3 is 2.70 bits per heavy atom. The van der Waals surface area contributed by atoms with Gasteiger partial charge in [0.05, 0.1) is 12.3 Å². The summed E-state index contributed by atoms with van der Waals surface area (Å²) in [6.45, 7) is 2.84. The van der Waals surface area contributed by atoms with Crippen molar-refractivity contribution in [1.29, 1.82) is 0 Å². The van der Waals surface area contributed by atoms with Crippen LogP contribution in [0.2, 0.25) is 0 Å². The van der Waals surface area contributed by atoms with E-state index >= 15 is 0 Å². The Morgan fingerprint density at radius 1 is 1.40 bits per heavy atom. The summed E-state index contributed by atoms with van der Waals surface area (Å²) in [7, 11) is -3.18. The monoisotopic (exact) mass is 301 g/mol. The number of halogens is 1. The number of nitrogens with two attached hydrogens (primary N) is 1. The van der Waals surface area contributed by atoms with Gasteiger partial charge in [0.2, 0.25) is 0 Å². The number of aliphatic imine (C=N–C) groups is 1. The van der Waals surface area contributed by atoms with Gasteiger partial charge in [-0.05, 0) is 29.7 Å². The van der Waals surface area contributed by atoms with Gasteiger partial charge in [0.25, 0.3) is 0 Å². The molecular weight excluding hydrogens is 281 g/mol. The van der Waals surface area contributed by atoms with Crippen molar-refractivity contribution in [2.24, 2.45) is 10.7 Å². The van der Waals surface area contributed by atoms with Crippen molar-refractivity contribution in [3.63, 3.8) is 0 Å². The zero-order valence-corrected chi connectivity index (χ0v) is 12.5. The van der Waals surface area contributed by atoms with E-state index < -0.39 is 15.7 Å². The Bertz CT molecular complexity index is 585. The number of benzene rings is 1. The molecule has 112 valence electrons. The van der Waals surface area contributed by atoms with Gasteiger partial charge in [-0.25, -0.2) is 17.8 Å².